The smallest absolute Gasteiger partial charge is 0.174 e. The van der Waals surface area contributed by atoms with E-state index in [0.717, 1.165) is 41.1 Å². The maximum Gasteiger partial charge on any atom is 0.174 e. The maximum absolute atomic E-state index is 12.9. The minimum atomic E-state index is -0.820. The Labute approximate surface area is 154 Å². The average Bonchev–Trinajstić information content (AvgIpc) is 3.32. The molecular weight excluding hydrogens is 326 g/mol. The summed E-state index contributed by atoms with van der Waals surface area (Å²) < 4.78 is 7.30. The lowest BCUT2D eigenvalue weighted by molar-refractivity contribution is -0.950. The summed E-state index contributed by atoms with van der Waals surface area (Å²) in [7, 11) is 2.36. The van der Waals surface area contributed by atoms with Gasteiger partial charge in [0.05, 0.1) is 25.6 Å². The first-order chi connectivity index (χ1) is 12.4. The molecular formula is C22H28NO3+. The monoisotopic (exact) mass is 354 g/mol. The van der Waals surface area contributed by atoms with Crippen molar-refractivity contribution in [2.75, 3.05) is 20.1 Å². The fourth-order valence-corrected chi connectivity index (χ4v) is 7.09. The first kappa shape index (κ1) is 15.6. The van der Waals surface area contributed by atoms with E-state index in [9.17, 15) is 9.90 Å². The Bertz CT molecular complexity index is 846. The van der Waals surface area contributed by atoms with Crippen LogP contribution in [0.2, 0.25) is 0 Å². The number of likely N-dealkylation sites (N-methyl/N-ethyl adjacent to an activating group) is 1. The van der Waals surface area contributed by atoms with Gasteiger partial charge in [-0.15, -0.1) is 0 Å². The third kappa shape index (κ3) is 1.59. The molecule has 2 heterocycles. The van der Waals surface area contributed by atoms with Gasteiger partial charge in [-0.25, -0.2) is 0 Å². The molecule has 4 heteroatoms. The molecule has 4 nitrogen and oxygen atoms in total. The lowest BCUT2D eigenvalue weighted by Crippen LogP contribution is -2.80. The van der Waals surface area contributed by atoms with Crippen LogP contribution in [0.1, 0.15) is 48.8 Å². The highest BCUT2D eigenvalue weighted by atomic mass is 16.5. The number of nitrogens with zero attached hydrogens (tertiary/aromatic N) is 1. The van der Waals surface area contributed by atoms with Gasteiger partial charge in [0.25, 0.3) is 0 Å². The zero-order chi connectivity index (χ0) is 17.9. The SMILES string of the molecule is Cc1ccc2c3c1O[C@@H]1C(=O)CC[C@]4(O)C(C2)[N@+](C)(CC2CC2)CC[C@@]314. The van der Waals surface area contributed by atoms with E-state index in [1.807, 2.05) is 0 Å². The summed E-state index contributed by atoms with van der Waals surface area (Å²) in [5.74, 6) is 1.92. The van der Waals surface area contributed by atoms with Crippen LogP contribution in [-0.4, -0.2) is 53.3 Å². The standard InChI is InChI=1S/C22H28NO3/c1-13-3-6-15-11-17-22(25)8-7-16(24)20-21(22,18(15)19(13)26-20)9-10-23(17,2)12-14-4-5-14/h3,6,14,17,20,25H,4-5,7-12H2,1-2H3/q+1/t17?,20-,21-,22+,23+/m1/s1. The highest BCUT2D eigenvalue weighted by molar-refractivity contribution is 5.89. The number of rotatable bonds is 2. The van der Waals surface area contributed by atoms with E-state index in [1.165, 1.54) is 30.5 Å². The predicted molar refractivity (Wildman–Crippen MR) is 97.2 cm³/mol. The maximum atomic E-state index is 12.9. The number of benzene rings is 1. The third-order valence-corrected chi connectivity index (χ3v) is 8.49. The van der Waals surface area contributed by atoms with E-state index in [4.69, 9.17) is 4.74 Å². The number of hydrogen-bond acceptors (Lipinski definition) is 3. The number of ether oxygens (including phenoxy) is 1. The molecule has 2 bridgehead atoms. The van der Waals surface area contributed by atoms with Gasteiger partial charge in [-0.05, 0) is 37.3 Å². The second-order valence-corrected chi connectivity index (χ2v) is 9.90. The normalized spacial score (nSPS) is 45.3. The molecule has 1 unspecified atom stereocenters. The van der Waals surface area contributed by atoms with E-state index in [-0.39, 0.29) is 11.8 Å². The van der Waals surface area contributed by atoms with Gasteiger partial charge in [0.1, 0.15) is 17.4 Å². The van der Waals surface area contributed by atoms with Gasteiger partial charge in [-0.3, -0.25) is 4.79 Å². The Morgan fingerprint density at radius 1 is 1.31 bits per heavy atom. The van der Waals surface area contributed by atoms with Crippen molar-refractivity contribution in [3.05, 3.63) is 28.8 Å². The fourth-order valence-electron chi connectivity index (χ4n) is 7.09. The van der Waals surface area contributed by atoms with Gasteiger partial charge < -0.3 is 14.3 Å². The highest BCUT2D eigenvalue weighted by Gasteiger charge is 2.76. The summed E-state index contributed by atoms with van der Waals surface area (Å²) in [5, 5.41) is 12.2. The number of aliphatic hydroxyl groups is 1. The summed E-state index contributed by atoms with van der Waals surface area (Å²) in [4.78, 5) is 12.9. The van der Waals surface area contributed by atoms with E-state index in [1.54, 1.807) is 0 Å². The van der Waals surface area contributed by atoms with Crippen LogP contribution in [0.3, 0.4) is 0 Å². The summed E-state index contributed by atoms with van der Waals surface area (Å²) in [5.41, 5.74) is 2.27. The average molecular weight is 354 g/mol. The summed E-state index contributed by atoms with van der Waals surface area (Å²) in [6, 6.07) is 4.55. The van der Waals surface area contributed by atoms with Gasteiger partial charge in [-0.2, -0.15) is 0 Å². The zero-order valence-electron chi connectivity index (χ0n) is 15.8. The Morgan fingerprint density at radius 3 is 2.88 bits per heavy atom. The number of carbonyl (C=O) groups excluding carboxylic acids is 1. The molecule has 0 aromatic heterocycles. The van der Waals surface area contributed by atoms with Crippen LogP contribution in [-0.2, 0) is 16.6 Å². The number of hydrogen-bond donors (Lipinski definition) is 1. The molecule has 26 heavy (non-hydrogen) atoms. The third-order valence-electron chi connectivity index (χ3n) is 8.49. The van der Waals surface area contributed by atoms with Crippen molar-refractivity contribution in [3.8, 4) is 5.75 Å². The molecule has 1 spiro atoms. The van der Waals surface area contributed by atoms with Crippen molar-refractivity contribution in [1.29, 1.82) is 0 Å². The molecule has 1 saturated heterocycles. The molecule has 2 aliphatic heterocycles. The first-order valence-electron chi connectivity index (χ1n) is 10.3. The van der Waals surface area contributed by atoms with Crippen LogP contribution in [0.4, 0.5) is 0 Å². The lowest BCUT2D eigenvalue weighted by atomic mass is 9.48. The molecule has 5 aliphatic rings. The van der Waals surface area contributed by atoms with Crippen molar-refractivity contribution in [1.82, 2.24) is 0 Å². The number of carbonyl (C=O) groups is 1. The molecule has 138 valence electrons. The molecule has 3 fully saturated rings. The van der Waals surface area contributed by atoms with Gasteiger partial charge in [0.15, 0.2) is 11.9 Å². The van der Waals surface area contributed by atoms with E-state index >= 15 is 0 Å². The van der Waals surface area contributed by atoms with Crippen LogP contribution in [0.5, 0.6) is 5.75 Å². The van der Waals surface area contributed by atoms with Crippen molar-refractivity contribution < 1.29 is 19.1 Å². The molecule has 0 amide bonds. The molecule has 1 N–H and O–H groups in total. The molecule has 2 saturated carbocycles. The van der Waals surface area contributed by atoms with Crippen molar-refractivity contribution >= 4 is 5.78 Å². The van der Waals surface area contributed by atoms with Crippen molar-refractivity contribution in [3.63, 3.8) is 0 Å². The Balaban J connectivity index is 1.60. The minimum Gasteiger partial charge on any atom is -0.481 e. The van der Waals surface area contributed by atoms with Crippen LogP contribution in [0.25, 0.3) is 0 Å². The molecule has 0 radical (unpaired) electrons. The predicted octanol–water partition coefficient (Wildman–Crippen LogP) is 2.27. The van der Waals surface area contributed by atoms with Crippen molar-refractivity contribution in [2.24, 2.45) is 5.92 Å². The van der Waals surface area contributed by atoms with Crippen molar-refractivity contribution in [2.45, 2.75) is 68.6 Å². The van der Waals surface area contributed by atoms with Crippen LogP contribution >= 0.6 is 0 Å². The lowest BCUT2D eigenvalue weighted by Gasteiger charge is -2.64. The minimum absolute atomic E-state index is 0.178. The van der Waals surface area contributed by atoms with E-state index < -0.39 is 17.1 Å². The Hall–Kier alpha value is -1.39. The molecule has 1 aromatic rings. The second-order valence-electron chi connectivity index (χ2n) is 9.90. The van der Waals surface area contributed by atoms with Gasteiger partial charge in [-0.1, -0.05) is 12.1 Å². The molecule has 5 atom stereocenters. The Kier molecular flexibility index (Phi) is 2.73. The zero-order valence-corrected chi connectivity index (χ0v) is 15.8. The fraction of sp³-hybridized carbons (Fsp3) is 0.682. The summed E-state index contributed by atoms with van der Waals surface area (Å²) >= 11 is 0. The molecule has 3 aliphatic carbocycles. The number of ketones is 1. The molecule has 1 aromatic carbocycles. The first-order valence-corrected chi connectivity index (χ1v) is 10.3. The summed E-state index contributed by atoms with van der Waals surface area (Å²) in [6.45, 7) is 4.29. The Morgan fingerprint density at radius 2 is 2.12 bits per heavy atom. The van der Waals surface area contributed by atoms with Crippen LogP contribution in [0, 0.1) is 12.8 Å². The number of aryl methyl sites for hydroxylation is 1. The highest BCUT2D eigenvalue weighted by Crippen LogP contribution is 2.65. The van der Waals surface area contributed by atoms with Gasteiger partial charge in [0.2, 0.25) is 0 Å². The number of quaternary nitrogens is 1. The summed E-state index contributed by atoms with van der Waals surface area (Å²) in [6.07, 6.45) is 5.03. The van der Waals surface area contributed by atoms with Gasteiger partial charge in [0, 0.05) is 30.7 Å². The number of Topliss-reactive ketones (excluding diaryl/α,β-unsaturated/α-hetero) is 1. The van der Waals surface area contributed by atoms with E-state index in [2.05, 4.69) is 26.1 Å². The molecule has 6 rings (SSSR count). The van der Waals surface area contributed by atoms with Crippen LogP contribution in [0.15, 0.2) is 12.1 Å². The number of likely N-dealkylation sites (tertiary alicyclic amines) is 1. The second kappa shape index (κ2) is 4.53. The number of piperidine rings is 1. The topological polar surface area (TPSA) is 46.5 Å². The van der Waals surface area contributed by atoms with Gasteiger partial charge >= 0.3 is 0 Å². The van der Waals surface area contributed by atoms with E-state index in [0.29, 0.717) is 12.8 Å². The quantitative estimate of drug-likeness (QED) is 0.829. The largest absolute Gasteiger partial charge is 0.481 e. The van der Waals surface area contributed by atoms with Crippen LogP contribution < -0.4 is 4.74 Å².